The summed E-state index contributed by atoms with van der Waals surface area (Å²) in [4.78, 5) is 0. The maximum absolute atomic E-state index is 13.4. The molecule has 0 aliphatic carbocycles. The third-order valence-electron chi connectivity index (χ3n) is 2.11. The van der Waals surface area contributed by atoms with Gasteiger partial charge in [0.05, 0.1) is 6.61 Å². The van der Waals surface area contributed by atoms with Crippen LogP contribution in [0.1, 0.15) is 0 Å². The molecule has 1 atom stereocenters. The molecule has 1 unspecified atom stereocenters. The fourth-order valence-electron chi connectivity index (χ4n) is 0.944. The van der Waals surface area contributed by atoms with Crippen molar-refractivity contribution in [1.82, 2.24) is 0 Å². The van der Waals surface area contributed by atoms with Crippen molar-refractivity contribution in [1.29, 1.82) is 0 Å². The summed E-state index contributed by atoms with van der Waals surface area (Å²) in [5.41, 5.74) is 0. The summed E-state index contributed by atoms with van der Waals surface area (Å²) in [5, 5.41) is 0. The SMILES string of the molecule is C=CCOC(F)(F)C(F)(OC(F)(F)C(F)(F)C(F)(F)F)C(F)(F)F. The summed E-state index contributed by atoms with van der Waals surface area (Å²) < 4.78 is 166. The molecule has 0 amide bonds. The molecule has 15 heteroatoms. The Hall–Kier alpha value is -1.25. The highest BCUT2D eigenvalue weighted by Gasteiger charge is 2.83. The van der Waals surface area contributed by atoms with Crippen LogP contribution in [0, 0.1) is 0 Å². The number of rotatable bonds is 7. The summed E-state index contributed by atoms with van der Waals surface area (Å²) in [7, 11) is 0. The van der Waals surface area contributed by atoms with Gasteiger partial charge in [0.2, 0.25) is 0 Å². The minimum absolute atomic E-state index is 0.271. The molecule has 0 rings (SSSR count). The fraction of sp³-hybridized carbons (Fsp3) is 0.778. The quantitative estimate of drug-likeness (QED) is 0.457. The summed E-state index contributed by atoms with van der Waals surface area (Å²) >= 11 is 0. The summed E-state index contributed by atoms with van der Waals surface area (Å²) in [5.74, 6) is -14.5. The van der Waals surface area contributed by atoms with E-state index in [4.69, 9.17) is 0 Å². The Bertz CT molecular complexity index is 451. The van der Waals surface area contributed by atoms with Crippen molar-refractivity contribution in [2.75, 3.05) is 6.61 Å². The molecule has 24 heavy (non-hydrogen) atoms. The molecule has 0 bridgehead atoms. The average molecular weight is 392 g/mol. The lowest BCUT2D eigenvalue weighted by molar-refractivity contribution is -0.532. The van der Waals surface area contributed by atoms with Gasteiger partial charge in [-0.1, -0.05) is 6.08 Å². The number of hydrogen-bond acceptors (Lipinski definition) is 2. The van der Waals surface area contributed by atoms with Crippen LogP contribution in [0.25, 0.3) is 0 Å². The first-order valence-electron chi connectivity index (χ1n) is 5.17. The molecule has 0 aliphatic heterocycles. The van der Waals surface area contributed by atoms with Gasteiger partial charge in [0.15, 0.2) is 0 Å². The first-order chi connectivity index (χ1) is 10.3. The molecule has 0 aromatic carbocycles. The van der Waals surface area contributed by atoms with Gasteiger partial charge >= 0.3 is 36.3 Å². The van der Waals surface area contributed by atoms with Crippen LogP contribution in [0.15, 0.2) is 12.7 Å². The normalized spacial score (nSPS) is 17.5. The van der Waals surface area contributed by atoms with E-state index in [1.165, 1.54) is 0 Å². The zero-order chi connectivity index (χ0) is 19.8. The zero-order valence-corrected chi connectivity index (χ0v) is 10.7. The molecular weight excluding hydrogens is 387 g/mol. The van der Waals surface area contributed by atoms with E-state index in [9.17, 15) is 57.1 Å². The first kappa shape index (κ1) is 22.8. The highest BCUT2D eigenvalue weighted by Crippen LogP contribution is 2.54. The van der Waals surface area contributed by atoms with E-state index in [1.807, 2.05) is 0 Å². The summed E-state index contributed by atoms with van der Waals surface area (Å²) in [6.07, 6.45) is -28.0. The van der Waals surface area contributed by atoms with Crippen LogP contribution in [0.3, 0.4) is 0 Å². The van der Waals surface area contributed by atoms with Crippen molar-refractivity contribution in [3.63, 3.8) is 0 Å². The number of hydrogen-bond donors (Lipinski definition) is 0. The van der Waals surface area contributed by atoms with Crippen LogP contribution < -0.4 is 0 Å². The van der Waals surface area contributed by atoms with E-state index in [2.05, 4.69) is 11.3 Å². The Balaban J connectivity index is 6.04. The lowest BCUT2D eigenvalue weighted by Gasteiger charge is -2.37. The summed E-state index contributed by atoms with van der Waals surface area (Å²) in [6, 6.07) is 0. The van der Waals surface area contributed by atoms with Crippen LogP contribution in [0.4, 0.5) is 57.1 Å². The highest BCUT2D eigenvalue weighted by atomic mass is 19.4. The largest absolute Gasteiger partial charge is 0.462 e. The van der Waals surface area contributed by atoms with Gasteiger partial charge in [0.25, 0.3) is 0 Å². The predicted octanol–water partition coefficient (Wildman–Crippen LogP) is 4.82. The second kappa shape index (κ2) is 6.24. The Labute approximate surface area is 123 Å². The Morgan fingerprint density at radius 1 is 0.667 bits per heavy atom. The fourth-order valence-corrected chi connectivity index (χ4v) is 0.944. The molecule has 0 spiro atoms. The van der Waals surface area contributed by atoms with Gasteiger partial charge in [0, 0.05) is 0 Å². The smallest absolute Gasteiger partial charge is 0.311 e. The number of ether oxygens (including phenoxy) is 2. The van der Waals surface area contributed by atoms with Gasteiger partial charge < -0.3 is 4.74 Å². The molecule has 0 aliphatic rings. The van der Waals surface area contributed by atoms with Crippen molar-refractivity contribution < 1.29 is 66.5 Å². The van der Waals surface area contributed by atoms with Crippen molar-refractivity contribution in [2.45, 2.75) is 36.3 Å². The van der Waals surface area contributed by atoms with E-state index in [-0.39, 0.29) is 6.08 Å². The van der Waals surface area contributed by atoms with Gasteiger partial charge in [-0.2, -0.15) is 57.1 Å². The average Bonchev–Trinajstić information content (AvgIpc) is 2.32. The van der Waals surface area contributed by atoms with Gasteiger partial charge in [-0.15, -0.1) is 6.58 Å². The van der Waals surface area contributed by atoms with Crippen LogP contribution >= 0.6 is 0 Å². The van der Waals surface area contributed by atoms with E-state index in [0.717, 1.165) is 0 Å². The van der Waals surface area contributed by atoms with Gasteiger partial charge in [-0.3, -0.25) is 4.74 Å². The monoisotopic (exact) mass is 392 g/mol. The molecule has 0 radical (unpaired) electrons. The van der Waals surface area contributed by atoms with Crippen molar-refractivity contribution in [3.05, 3.63) is 12.7 Å². The molecule has 2 nitrogen and oxygen atoms in total. The maximum atomic E-state index is 13.4. The van der Waals surface area contributed by atoms with E-state index >= 15 is 0 Å². The zero-order valence-electron chi connectivity index (χ0n) is 10.7. The third kappa shape index (κ3) is 3.87. The highest BCUT2D eigenvalue weighted by molar-refractivity contribution is 4.93. The molecule has 0 fully saturated rings. The molecule has 0 N–H and O–H groups in total. The van der Waals surface area contributed by atoms with E-state index in [1.54, 1.807) is 4.74 Å². The predicted molar refractivity (Wildman–Crippen MR) is 48.0 cm³/mol. The Morgan fingerprint density at radius 3 is 1.38 bits per heavy atom. The van der Waals surface area contributed by atoms with Crippen LogP contribution in [0.2, 0.25) is 0 Å². The standard InChI is InChI=1S/C9H5F13O2/c1-2-3-23-9(21,22)5(12,7(16,17)18)24-8(19,20)4(10,11)6(13,14)15/h2H,1,3H2. The first-order valence-corrected chi connectivity index (χ1v) is 5.17. The molecule has 0 aromatic heterocycles. The Morgan fingerprint density at radius 2 is 1.08 bits per heavy atom. The van der Waals surface area contributed by atoms with E-state index in [0.29, 0.717) is 0 Å². The molecule has 0 heterocycles. The lowest BCUT2D eigenvalue weighted by atomic mass is 10.2. The third-order valence-corrected chi connectivity index (χ3v) is 2.11. The molecule has 144 valence electrons. The summed E-state index contributed by atoms with van der Waals surface area (Å²) in [6.45, 7) is 1.01. The van der Waals surface area contributed by atoms with Gasteiger partial charge in [0.1, 0.15) is 0 Å². The van der Waals surface area contributed by atoms with Crippen molar-refractivity contribution >= 4 is 0 Å². The minimum atomic E-state index is -7.43. The van der Waals surface area contributed by atoms with Crippen molar-refractivity contribution in [3.8, 4) is 0 Å². The lowest BCUT2D eigenvalue weighted by Crippen LogP contribution is -2.65. The second-order valence-electron chi connectivity index (χ2n) is 3.90. The van der Waals surface area contributed by atoms with Crippen molar-refractivity contribution in [2.24, 2.45) is 0 Å². The molecule has 0 aromatic rings. The second-order valence-corrected chi connectivity index (χ2v) is 3.90. The maximum Gasteiger partial charge on any atom is 0.462 e. The minimum Gasteiger partial charge on any atom is -0.311 e. The van der Waals surface area contributed by atoms with Crippen LogP contribution in [0.5, 0.6) is 0 Å². The van der Waals surface area contributed by atoms with Crippen LogP contribution in [-0.2, 0) is 9.47 Å². The Kier molecular flexibility index (Phi) is 5.91. The molecule has 0 saturated heterocycles. The van der Waals surface area contributed by atoms with Gasteiger partial charge in [-0.25, -0.2) is 0 Å². The number of halogens is 13. The van der Waals surface area contributed by atoms with E-state index < -0.39 is 43.0 Å². The van der Waals surface area contributed by atoms with Crippen LogP contribution in [-0.4, -0.2) is 43.0 Å². The molecular formula is C9H5F13O2. The number of alkyl halides is 13. The topological polar surface area (TPSA) is 18.5 Å². The molecule has 0 saturated carbocycles. The van der Waals surface area contributed by atoms with Gasteiger partial charge in [-0.05, 0) is 0 Å².